The lowest BCUT2D eigenvalue weighted by Crippen LogP contribution is -2.34. The van der Waals surface area contributed by atoms with E-state index in [-0.39, 0.29) is 0 Å². The summed E-state index contributed by atoms with van der Waals surface area (Å²) in [5.41, 5.74) is 2.16. The highest BCUT2D eigenvalue weighted by molar-refractivity contribution is 5.75. The molecule has 0 radical (unpaired) electrons. The molecule has 1 N–H and O–H groups in total. The monoisotopic (exact) mass is 289 g/mol. The highest BCUT2D eigenvalue weighted by Crippen LogP contribution is 2.25. The summed E-state index contributed by atoms with van der Waals surface area (Å²) < 4.78 is 0. The molecule has 1 heterocycles. The van der Waals surface area contributed by atoms with E-state index in [1.807, 2.05) is 12.1 Å². The summed E-state index contributed by atoms with van der Waals surface area (Å²) in [5, 5.41) is 9.03. The predicted octanol–water partition coefficient (Wildman–Crippen LogP) is 3.74. The van der Waals surface area contributed by atoms with Gasteiger partial charge in [-0.3, -0.25) is 9.69 Å². The smallest absolute Gasteiger partial charge is 0.310 e. The number of piperidine rings is 1. The number of rotatable bonds is 5. The molecular weight excluding hydrogens is 262 g/mol. The van der Waals surface area contributed by atoms with Crippen LogP contribution in [0.25, 0.3) is 0 Å². The Morgan fingerprint density at radius 2 is 1.76 bits per heavy atom. The number of hydrogen-bond acceptors (Lipinski definition) is 2. The Morgan fingerprint density at radius 3 is 2.24 bits per heavy atom. The van der Waals surface area contributed by atoms with Crippen molar-refractivity contribution in [3.05, 3.63) is 35.4 Å². The second kappa shape index (κ2) is 7.08. The van der Waals surface area contributed by atoms with E-state index in [0.29, 0.717) is 0 Å². The van der Waals surface area contributed by atoms with E-state index in [1.165, 1.54) is 31.5 Å². The first-order chi connectivity index (χ1) is 9.97. The van der Waals surface area contributed by atoms with E-state index in [2.05, 4.69) is 30.9 Å². The summed E-state index contributed by atoms with van der Waals surface area (Å²) in [6.07, 6.45) is 2.59. The Kier molecular flexibility index (Phi) is 5.40. The van der Waals surface area contributed by atoms with Crippen LogP contribution < -0.4 is 0 Å². The minimum absolute atomic E-state index is 0.430. The van der Waals surface area contributed by atoms with Gasteiger partial charge < -0.3 is 5.11 Å². The molecule has 1 saturated heterocycles. The zero-order valence-corrected chi connectivity index (χ0v) is 13.4. The van der Waals surface area contributed by atoms with E-state index < -0.39 is 11.9 Å². The second-order valence-electron chi connectivity index (χ2n) is 6.66. The topological polar surface area (TPSA) is 40.5 Å². The molecule has 0 aromatic heterocycles. The average Bonchev–Trinajstić information content (AvgIpc) is 2.47. The van der Waals surface area contributed by atoms with Crippen molar-refractivity contribution in [1.82, 2.24) is 4.90 Å². The van der Waals surface area contributed by atoms with E-state index in [0.717, 1.165) is 23.9 Å². The fraction of sp³-hybridized carbons (Fsp3) is 0.611. The van der Waals surface area contributed by atoms with Crippen LogP contribution in [-0.2, 0) is 11.3 Å². The van der Waals surface area contributed by atoms with Crippen molar-refractivity contribution in [2.24, 2.45) is 11.8 Å². The molecule has 0 bridgehead atoms. The van der Waals surface area contributed by atoms with Crippen molar-refractivity contribution < 1.29 is 9.90 Å². The fourth-order valence-corrected chi connectivity index (χ4v) is 3.09. The lowest BCUT2D eigenvalue weighted by Gasteiger charge is -2.33. The third kappa shape index (κ3) is 4.31. The summed E-state index contributed by atoms with van der Waals surface area (Å²) >= 11 is 0. The van der Waals surface area contributed by atoms with E-state index >= 15 is 0 Å². The van der Waals surface area contributed by atoms with Gasteiger partial charge in [-0.2, -0.15) is 0 Å². The average molecular weight is 289 g/mol. The first kappa shape index (κ1) is 16.0. The van der Waals surface area contributed by atoms with Gasteiger partial charge in [-0.05, 0) is 55.8 Å². The number of carboxylic acid groups (broad SMARTS) is 1. The molecule has 1 aromatic carbocycles. The predicted molar refractivity (Wildman–Crippen MR) is 85.3 cm³/mol. The van der Waals surface area contributed by atoms with Gasteiger partial charge in [0.2, 0.25) is 0 Å². The Morgan fingerprint density at radius 1 is 1.19 bits per heavy atom. The van der Waals surface area contributed by atoms with Crippen molar-refractivity contribution in [2.45, 2.75) is 46.1 Å². The molecule has 1 unspecified atom stereocenters. The zero-order valence-electron chi connectivity index (χ0n) is 13.4. The maximum Gasteiger partial charge on any atom is 0.310 e. The molecule has 2 rings (SSSR count). The van der Waals surface area contributed by atoms with Crippen molar-refractivity contribution in [3.63, 3.8) is 0 Å². The zero-order chi connectivity index (χ0) is 15.4. The molecule has 3 heteroatoms. The molecule has 1 aliphatic rings. The number of carbonyl (C=O) groups is 1. The number of carboxylic acids is 1. The first-order valence-corrected chi connectivity index (χ1v) is 8.01. The molecule has 0 aliphatic carbocycles. The van der Waals surface area contributed by atoms with Gasteiger partial charge in [0.25, 0.3) is 0 Å². The lowest BCUT2D eigenvalue weighted by molar-refractivity contribution is -0.138. The number of nitrogens with zero attached hydrogens (tertiary/aromatic N) is 1. The molecule has 1 fully saturated rings. The fourth-order valence-electron chi connectivity index (χ4n) is 3.09. The third-order valence-electron chi connectivity index (χ3n) is 4.83. The van der Waals surface area contributed by atoms with Crippen LogP contribution in [0, 0.1) is 11.8 Å². The maximum atomic E-state index is 11.0. The number of aliphatic carboxylic acids is 1. The van der Waals surface area contributed by atoms with Crippen LogP contribution in [0.1, 0.15) is 50.7 Å². The molecule has 3 nitrogen and oxygen atoms in total. The lowest BCUT2D eigenvalue weighted by atomic mass is 9.86. The molecule has 0 saturated carbocycles. The van der Waals surface area contributed by atoms with Gasteiger partial charge in [-0.25, -0.2) is 0 Å². The van der Waals surface area contributed by atoms with Crippen molar-refractivity contribution in [2.75, 3.05) is 13.1 Å². The maximum absolute atomic E-state index is 11.0. The Hall–Kier alpha value is -1.35. The second-order valence-corrected chi connectivity index (χ2v) is 6.66. The van der Waals surface area contributed by atoms with Gasteiger partial charge >= 0.3 is 5.97 Å². The molecule has 1 aromatic rings. The van der Waals surface area contributed by atoms with Crippen LogP contribution >= 0.6 is 0 Å². The van der Waals surface area contributed by atoms with Gasteiger partial charge in [0.1, 0.15) is 0 Å². The van der Waals surface area contributed by atoms with Crippen LogP contribution in [0.5, 0.6) is 0 Å². The van der Waals surface area contributed by atoms with E-state index in [9.17, 15) is 4.79 Å². The Balaban J connectivity index is 1.88. The summed E-state index contributed by atoms with van der Waals surface area (Å²) in [7, 11) is 0. The summed E-state index contributed by atoms with van der Waals surface area (Å²) in [4.78, 5) is 13.5. The first-order valence-electron chi connectivity index (χ1n) is 8.01. The van der Waals surface area contributed by atoms with E-state index in [1.54, 1.807) is 6.92 Å². The summed E-state index contributed by atoms with van der Waals surface area (Å²) in [5.74, 6) is 0.475. The highest BCUT2D eigenvalue weighted by Gasteiger charge is 2.21. The largest absolute Gasteiger partial charge is 0.481 e. The quantitative estimate of drug-likeness (QED) is 0.897. The summed E-state index contributed by atoms with van der Waals surface area (Å²) in [6.45, 7) is 9.71. The standard InChI is InChI=1S/C18H27NO2/c1-13(2)16-8-10-19(11-9-16)12-15-4-6-17(7-5-15)14(3)18(20)21/h4-7,13-14,16H,8-12H2,1-3H3,(H,20,21). The SMILES string of the molecule is CC(C(=O)O)c1ccc(CN2CCC(C(C)C)CC2)cc1. The van der Waals surface area contributed by atoms with Gasteiger partial charge in [0, 0.05) is 6.54 Å². The number of hydrogen-bond donors (Lipinski definition) is 1. The summed E-state index contributed by atoms with van der Waals surface area (Å²) in [6, 6.07) is 8.05. The van der Waals surface area contributed by atoms with Crippen LogP contribution in [-0.4, -0.2) is 29.1 Å². The van der Waals surface area contributed by atoms with Crippen LogP contribution in [0.15, 0.2) is 24.3 Å². The van der Waals surface area contributed by atoms with Crippen molar-refractivity contribution in [3.8, 4) is 0 Å². The minimum Gasteiger partial charge on any atom is -0.481 e. The molecule has 1 atom stereocenters. The van der Waals surface area contributed by atoms with Gasteiger partial charge in [-0.15, -0.1) is 0 Å². The van der Waals surface area contributed by atoms with Crippen molar-refractivity contribution in [1.29, 1.82) is 0 Å². The normalized spacial score (nSPS) is 18.9. The molecule has 0 amide bonds. The Bertz CT molecular complexity index is 459. The Labute approximate surface area is 128 Å². The van der Waals surface area contributed by atoms with E-state index in [4.69, 9.17) is 5.11 Å². The molecule has 0 spiro atoms. The van der Waals surface area contributed by atoms with Crippen molar-refractivity contribution >= 4 is 5.97 Å². The van der Waals surface area contributed by atoms with Crippen LogP contribution in [0.4, 0.5) is 0 Å². The van der Waals surface area contributed by atoms with Crippen LogP contribution in [0.2, 0.25) is 0 Å². The minimum atomic E-state index is -0.765. The molecule has 116 valence electrons. The molecule has 21 heavy (non-hydrogen) atoms. The van der Waals surface area contributed by atoms with Gasteiger partial charge in [-0.1, -0.05) is 38.1 Å². The number of benzene rings is 1. The molecule has 1 aliphatic heterocycles. The molecular formula is C18H27NO2. The van der Waals surface area contributed by atoms with Crippen LogP contribution in [0.3, 0.4) is 0 Å². The van der Waals surface area contributed by atoms with Gasteiger partial charge in [0.05, 0.1) is 5.92 Å². The third-order valence-corrected chi connectivity index (χ3v) is 4.83. The van der Waals surface area contributed by atoms with Gasteiger partial charge in [0.15, 0.2) is 0 Å². The highest BCUT2D eigenvalue weighted by atomic mass is 16.4. The number of likely N-dealkylation sites (tertiary alicyclic amines) is 1.